The predicted octanol–water partition coefficient (Wildman–Crippen LogP) is 4.23. The smallest absolute Gasteiger partial charge is 0.235 e. The standard InChI is InChI=1S/C19H19BrFNO3/c1-11-19(24)16-5-4-15(20)8-17(16)22(11)9-14-7-13(10-23)3-6-18(14)25-12(2)21/h3-8,11-12,23H,9-10H2,1-2H3. The number of anilines is 1. The number of aliphatic hydroxyl groups is 1. The van der Waals surface area contributed by atoms with Crippen LogP contribution in [0.2, 0.25) is 0 Å². The third-order valence-electron chi connectivity index (χ3n) is 4.32. The predicted molar refractivity (Wildman–Crippen MR) is 97.7 cm³/mol. The number of ether oxygens (including phenoxy) is 1. The van der Waals surface area contributed by atoms with Gasteiger partial charge in [-0.25, -0.2) is 4.39 Å². The minimum Gasteiger partial charge on any atom is -0.460 e. The van der Waals surface area contributed by atoms with Gasteiger partial charge in [0.05, 0.1) is 12.6 Å². The van der Waals surface area contributed by atoms with E-state index in [2.05, 4.69) is 15.9 Å². The van der Waals surface area contributed by atoms with E-state index in [0.717, 1.165) is 15.7 Å². The quantitative estimate of drug-likeness (QED) is 0.805. The van der Waals surface area contributed by atoms with Crippen molar-refractivity contribution in [3.8, 4) is 5.75 Å². The molecule has 0 fully saturated rings. The number of halogens is 2. The van der Waals surface area contributed by atoms with Gasteiger partial charge in [-0.15, -0.1) is 0 Å². The molecular formula is C19H19BrFNO3. The number of carbonyl (C=O) groups is 1. The van der Waals surface area contributed by atoms with Crippen molar-refractivity contribution in [2.24, 2.45) is 0 Å². The molecule has 1 heterocycles. The third-order valence-corrected chi connectivity index (χ3v) is 4.81. The number of carbonyl (C=O) groups excluding carboxylic acids is 1. The molecule has 2 unspecified atom stereocenters. The van der Waals surface area contributed by atoms with Gasteiger partial charge < -0.3 is 14.7 Å². The lowest BCUT2D eigenvalue weighted by atomic mass is 10.1. The summed E-state index contributed by atoms with van der Waals surface area (Å²) < 4.78 is 19.5. The van der Waals surface area contributed by atoms with Crippen LogP contribution >= 0.6 is 15.9 Å². The minimum atomic E-state index is -1.45. The van der Waals surface area contributed by atoms with Crippen molar-refractivity contribution < 1.29 is 19.0 Å². The van der Waals surface area contributed by atoms with E-state index in [9.17, 15) is 14.3 Å². The molecule has 4 nitrogen and oxygen atoms in total. The van der Waals surface area contributed by atoms with Crippen molar-refractivity contribution in [1.82, 2.24) is 0 Å². The Balaban J connectivity index is 1.99. The third kappa shape index (κ3) is 3.55. The van der Waals surface area contributed by atoms with E-state index in [1.54, 1.807) is 18.2 Å². The van der Waals surface area contributed by atoms with Crippen LogP contribution in [-0.2, 0) is 13.2 Å². The van der Waals surface area contributed by atoms with E-state index in [-0.39, 0.29) is 18.4 Å². The highest BCUT2D eigenvalue weighted by Crippen LogP contribution is 2.37. The number of ketones is 1. The molecule has 0 aromatic heterocycles. The normalized spacial score (nSPS) is 17.6. The molecule has 1 aliphatic heterocycles. The maximum atomic E-state index is 13.3. The minimum absolute atomic E-state index is 0.0575. The molecule has 2 aromatic carbocycles. The first-order valence-corrected chi connectivity index (χ1v) is 8.83. The molecule has 1 aliphatic rings. The van der Waals surface area contributed by atoms with Crippen LogP contribution < -0.4 is 9.64 Å². The van der Waals surface area contributed by atoms with Gasteiger partial charge in [0.15, 0.2) is 5.78 Å². The van der Waals surface area contributed by atoms with Crippen molar-refractivity contribution >= 4 is 27.4 Å². The largest absolute Gasteiger partial charge is 0.460 e. The highest BCUT2D eigenvalue weighted by Gasteiger charge is 2.34. The maximum absolute atomic E-state index is 13.3. The van der Waals surface area contributed by atoms with Crippen molar-refractivity contribution in [3.05, 3.63) is 57.6 Å². The number of benzene rings is 2. The van der Waals surface area contributed by atoms with Crippen LogP contribution in [0.5, 0.6) is 5.75 Å². The zero-order chi connectivity index (χ0) is 18.1. The number of aliphatic hydroxyl groups excluding tert-OH is 1. The zero-order valence-corrected chi connectivity index (χ0v) is 15.6. The number of nitrogens with zero attached hydrogens (tertiary/aromatic N) is 1. The summed E-state index contributed by atoms with van der Waals surface area (Å²) in [6.07, 6.45) is -1.45. The number of hydrogen-bond acceptors (Lipinski definition) is 4. The van der Waals surface area contributed by atoms with Crippen LogP contribution in [0.25, 0.3) is 0 Å². The molecule has 0 bridgehead atoms. The number of hydrogen-bond donors (Lipinski definition) is 1. The van der Waals surface area contributed by atoms with Gasteiger partial charge in [-0.3, -0.25) is 4.79 Å². The van der Waals surface area contributed by atoms with Crippen LogP contribution in [0.4, 0.5) is 10.1 Å². The van der Waals surface area contributed by atoms with Gasteiger partial charge in [0.2, 0.25) is 6.36 Å². The van der Waals surface area contributed by atoms with Crippen molar-refractivity contribution in [3.63, 3.8) is 0 Å². The first-order valence-electron chi connectivity index (χ1n) is 8.04. The molecule has 0 spiro atoms. The fourth-order valence-corrected chi connectivity index (χ4v) is 3.43. The van der Waals surface area contributed by atoms with E-state index in [0.29, 0.717) is 23.4 Å². The van der Waals surface area contributed by atoms with Gasteiger partial charge in [0.1, 0.15) is 5.75 Å². The topological polar surface area (TPSA) is 49.8 Å². The van der Waals surface area contributed by atoms with Gasteiger partial charge in [-0.1, -0.05) is 22.0 Å². The lowest BCUT2D eigenvalue weighted by Gasteiger charge is -2.25. The molecule has 25 heavy (non-hydrogen) atoms. The highest BCUT2D eigenvalue weighted by atomic mass is 79.9. The van der Waals surface area contributed by atoms with E-state index < -0.39 is 6.36 Å². The van der Waals surface area contributed by atoms with Crippen molar-refractivity contribution in [2.45, 2.75) is 39.4 Å². The Hall–Kier alpha value is -1.92. The van der Waals surface area contributed by atoms with Crippen molar-refractivity contribution in [2.75, 3.05) is 4.90 Å². The lowest BCUT2D eigenvalue weighted by Crippen LogP contribution is -2.32. The summed E-state index contributed by atoms with van der Waals surface area (Å²) in [6.45, 7) is 3.43. The summed E-state index contributed by atoms with van der Waals surface area (Å²) >= 11 is 3.44. The van der Waals surface area contributed by atoms with Gasteiger partial charge >= 0.3 is 0 Å². The van der Waals surface area contributed by atoms with Crippen LogP contribution in [0.1, 0.15) is 35.3 Å². The van der Waals surface area contributed by atoms with Crippen molar-refractivity contribution in [1.29, 1.82) is 0 Å². The van der Waals surface area contributed by atoms with Gasteiger partial charge in [0, 0.05) is 34.8 Å². The number of rotatable bonds is 5. The Kier molecular flexibility index (Phi) is 5.11. The number of alkyl halides is 1. The zero-order valence-electron chi connectivity index (χ0n) is 14.0. The molecule has 3 rings (SSSR count). The molecule has 0 aliphatic carbocycles. The number of Topliss-reactive ketones (excluding diaryl/α,β-unsaturated/α-hetero) is 1. The van der Waals surface area contributed by atoms with E-state index in [1.807, 2.05) is 30.0 Å². The average Bonchev–Trinajstić information content (AvgIpc) is 2.80. The summed E-state index contributed by atoms with van der Waals surface area (Å²) in [5.41, 5.74) is 2.95. The average molecular weight is 408 g/mol. The number of fused-ring (bicyclic) bond motifs is 1. The Labute approximate surface area is 154 Å². The molecule has 2 aromatic rings. The highest BCUT2D eigenvalue weighted by molar-refractivity contribution is 9.10. The SMILES string of the molecule is CC(F)Oc1ccc(CO)cc1CN1c2cc(Br)ccc2C(=O)C1C. The van der Waals surface area contributed by atoms with Crippen LogP contribution in [0.15, 0.2) is 40.9 Å². The Morgan fingerprint density at radius 1 is 1.32 bits per heavy atom. The van der Waals surface area contributed by atoms with Crippen LogP contribution in [-0.4, -0.2) is 23.3 Å². The van der Waals surface area contributed by atoms with Crippen LogP contribution in [0.3, 0.4) is 0 Å². The lowest BCUT2D eigenvalue weighted by molar-refractivity contribution is 0.0846. The second-order valence-corrected chi connectivity index (χ2v) is 7.01. The molecule has 1 N–H and O–H groups in total. The second-order valence-electron chi connectivity index (χ2n) is 6.09. The summed E-state index contributed by atoms with van der Waals surface area (Å²) in [4.78, 5) is 14.5. The molecule has 132 valence electrons. The van der Waals surface area contributed by atoms with Gasteiger partial charge in [0.25, 0.3) is 0 Å². The fourth-order valence-electron chi connectivity index (χ4n) is 3.08. The summed E-state index contributed by atoms with van der Waals surface area (Å²) in [6, 6.07) is 10.4. The van der Waals surface area contributed by atoms with Crippen LogP contribution in [0, 0.1) is 0 Å². The van der Waals surface area contributed by atoms with E-state index >= 15 is 0 Å². The molecular weight excluding hydrogens is 389 g/mol. The first-order chi connectivity index (χ1) is 11.9. The Morgan fingerprint density at radius 2 is 2.08 bits per heavy atom. The van der Waals surface area contributed by atoms with E-state index in [1.165, 1.54) is 6.92 Å². The summed E-state index contributed by atoms with van der Waals surface area (Å²) in [7, 11) is 0. The van der Waals surface area contributed by atoms with E-state index in [4.69, 9.17) is 4.74 Å². The second kappa shape index (κ2) is 7.14. The summed E-state index contributed by atoms with van der Waals surface area (Å²) in [5.74, 6) is 0.470. The first kappa shape index (κ1) is 17.9. The Bertz CT molecular complexity index is 809. The molecule has 0 radical (unpaired) electrons. The molecule has 0 saturated heterocycles. The van der Waals surface area contributed by atoms with Gasteiger partial charge in [-0.2, -0.15) is 0 Å². The molecule has 2 atom stereocenters. The fraction of sp³-hybridized carbons (Fsp3) is 0.316. The molecule has 6 heteroatoms. The molecule has 0 saturated carbocycles. The molecule has 0 amide bonds. The maximum Gasteiger partial charge on any atom is 0.235 e. The van der Waals surface area contributed by atoms with Gasteiger partial charge in [-0.05, 0) is 42.8 Å². The Morgan fingerprint density at radius 3 is 2.76 bits per heavy atom. The monoisotopic (exact) mass is 407 g/mol. The summed E-state index contributed by atoms with van der Waals surface area (Å²) in [5, 5.41) is 9.40.